The Bertz CT molecular complexity index is 1330. The molecule has 6 rings (SSSR count). The lowest BCUT2D eigenvalue weighted by molar-refractivity contribution is 0.292. The molecule has 34 heavy (non-hydrogen) atoms. The van der Waals surface area contributed by atoms with Crippen LogP contribution < -0.4 is 10.2 Å². The van der Waals surface area contributed by atoms with Gasteiger partial charge in [0.1, 0.15) is 5.82 Å². The molecule has 2 atom stereocenters. The summed E-state index contributed by atoms with van der Waals surface area (Å²) in [5.41, 5.74) is 5.92. The monoisotopic (exact) mass is 455 g/mol. The van der Waals surface area contributed by atoms with Crippen LogP contribution in [-0.4, -0.2) is 56.9 Å². The van der Waals surface area contributed by atoms with Crippen molar-refractivity contribution < 1.29 is 4.39 Å². The van der Waals surface area contributed by atoms with Crippen molar-refractivity contribution >= 4 is 17.3 Å². The first-order valence-electron chi connectivity index (χ1n) is 11.5. The number of hydrogen-bond acceptors (Lipinski definition) is 6. The number of aryl methyl sites for hydroxylation is 1. The summed E-state index contributed by atoms with van der Waals surface area (Å²) < 4.78 is 14.9. The predicted molar refractivity (Wildman–Crippen MR) is 131 cm³/mol. The normalized spacial score (nSPS) is 19.7. The van der Waals surface area contributed by atoms with Crippen LogP contribution in [0.2, 0.25) is 0 Å². The van der Waals surface area contributed by atoms with Gasteiger partial charge >= 0.3 is 0 Å². The highest BCUT2D eigenvalue weighted by atomic mass is 19.1. The fraction of sp³-hybridized carbons (Fsp3) is 0.269. The van der Waals surface area contributed by atoms with Crippen LogP contribution in [0.25, 0.3) is 16.9 Å². The zero-order valence-electron chi connectivity index (χ0n) is 19.2. The highest BCUT2D eigenvalue weighted by molar-refractivity contribution is 5.66. The van der Waals surface area contributed by atoms with Crippen LogP contribution in [0.15, 0.2) is 67.1 Å². The van der Waals surface area contributed by atoms with Crippen molar-refractivity contribution in [3.8, 4) is 16.9 Å². The zero-order valence-corrected chi connectivity index (χ0v) is 19.2. The first kappa shape index (κ1) is 20.8. The van der Waals surface area contributed by atoms with Gasteiger partial charge in [-0.2, -0.15) is 5.10 Å². The summed E-state index contributed by atoms with van der Waals surface area (Å²) in [4.78, 5) is 14.1. The van der Waals surface area contributed by atoms with E-state index in [1.54, 1.807) is 29.2 Å². The quantitative estimate of drug-likeness (QED) is 0.481. The minimum Gasteiger partial charge on any atom is -0.365 e. The summed E-state index contributed by atoms with van der Waals surface area (Å²) in [6.07, 6.45) is 6.61. The highest BCUT2D eigenvalue weighted by Gasteiger charge is 2.41. The molecule has 2 aliphatic rings. The van der Waals surface area contributed by atoms with Gasteiger partial charge in [-0.15, -0.1) is 0 Å². The Morgan fingerprint density at radius 2 is 1.88 bits per heavy atom. The number of halogens is 1. The van der Waals surface area contributed by atoms with Crippen LogP contribution in [0.3, 0.4) is 0 Å². The molecule has 0 amide bonds. The molecule has 2 saturated heterocycles. The molecule has 2 aromatic heterocycles. The molecule has 2 unspecified atom stereocenters. The summed E-state index contributed by atoms with van der Waals surface area (Å²) in [5, 5.41) is 7.73. The van der Waals surface area contributed by atoms with E-state index >= 15 is 0 Å². The number of fused-ring (bicyclic) bond motifs is 2. The van der Waals surface area contributed by atoms with Crippen LogP contribution >= 0.6 is 0 Å². The Labute approximate surface area is 197 Å². The lowest BCUT2D eigenvalue weighted by Crippen LogP contribution is -2.44. The van der Waals surface area contributed by atoms with Gasteiger partial charge in [0.2, 0.25) is 5.95 Å². The minimum absolute atomic E-state index is 0.272. The molecule has 2 bridgehead atoms. The molecule has 2 aliphatic heterocycles. The Balaban J connectivity index is 1.19. The number of nitrogens with zero attached hydrogens (tertiary/aromatic N) is 6. The molecule has 0 aliphatic carbocycles. The summed E-state index contributed by atoms with van der Waals surface area (Å²) >= 11 is 0. The van der Waals surface area contributed by atoms with Crippen LogP contribution in [0, 0.1) is 12.7 Å². The molecule has 0 radical (unpaired) electrons. The number of nitrogens with one attached hydrogen (secondary N) is 1. The lowest BCUT2D eigenvalue weighted by atomic mass is 10.1. The number of hydrogen-bond donors (Lipinski definition) is 1. The molecule has 8 heteroatoms. The van der Waals surface area contributed by atoms with E-state index in [1.807, 2.05) is 12.3 Å². The van der Waals surface area contributed by atoms with Crippen LogP contribution in [0.1, 0.15) is 12.0 Å². The number of piperazine rings is 1. The second-order valence-corrected chi connectivity index (χ2v) is 9.18. The van der Waals surface area contributed by atoms with E-state index in [1.165, 1.54) is 29.8 Å². The lowest BCUT2D eigenvalue weighted by Gasteiger charge is -2.34. The van der Waals surface area contributed by atoms with Crippen molar-refractivity contribution in [1.29, 1.82) is 0 Å². The summed E-state index contributed by atoms with van der Waals surface area (Å²) in [6.45, 7) is 4.41. The van der Waals surface area contributed by atoms with Gasteiger partial charge in [0.25, 0.3) is 0 Å². The molecule has 172 valence electrons. The standard InChI is InChI=1S/C26H26FN7/c1-17-11-20(5-8-25(17)33-16-22-12-23(33)15-32(22)2)30-26-28-10-9-24(31-26)18-13-29-34(14-18)21-6-3-19(27)4-7-21/h3-11,13-14,22-23H,12,15-16H2,1-2H3,(H,28,30,31). The number of anilines is 3. The van der Waals surface area contributed by atoms with E-state index in [9.17, 15) is 4.39 Å². The average Bonchev–Trinajstić information content (AvgIpc) is 3.56. The number of rotatable bonds is 5. The minimum atomic E-state index is -0.272. The van der Waals surface area contributed by atoms with E-state index in [0.29, 0.717) is 18.0 Å². The molecule has 2 fully saturated rings. The van der Waals surface area contributed by atoms with Crippen molar-refractivity contribution in [2.75, 3.05) is 30.4 Å². The second-order valence-electron chi connectivity index (χ2n) is 9.18. The van der Waals surface area contributed by atoms with Gasteiger partial charge in [0, 0.05) is 54.5 Å². The molecule has 1 N–H and O–H groups in total. The Kier molecular flexibility index (Phi) is 5.03. The van der Waals surface area contributed by atoms with Crippen LogP contribution in [0.5, 0.6) is 0 Å². The van der Waals surface area contributed by atoms with E-state index < -0.39 is 0 Å². The van der Waals surface area contributed by atoms with Gasteiger partial charge in [-0.3, -0.25) is 4.90 Å². The van der Waals surface area contributed by atoms with Crippen molar-refractivity contribution in [3.05, 3.63) is 78.5 Å². The summed E-state index contributed by atoms with van der Waals surface area (Å²) in [5.74, 6) is 0.257. The third-order valence-corrected chi connectivity index (χ3v) is 6.90. The first-order valence-corrected chi connectivity index (χ1v) is 11.5. The number of aromatic nitrogens is 4. The number of likely N-dealkylation sites (N-methyl/N-ethyl adjacent to an activating group) is 1. The Hall–Kier alpha value is -3.78. The SMILES string of the molecule is Cc1cc(Nc2nccc(-c3cnn(-c4ccc(F)cc4)c3)n2)ccc1N1CC2CC1CN2C. The number of benzene rings is 2. The van der Waals surface area contributed by atoms with Crippen molar-refractivity contribution in [2.24, 2.45) is 0 Å². The van der Waals surface area contributed by atoms with Gasteiger partial charge in [-0.1, -0.05) is 0 Å². The third-order valence-electron chi connectivity index (χ3n) is 6.90. The van der Waals surface area contributed by atoms with Gasteiger partial charge in [0.05, 0.1) is 17.6 Å². The average molecular weight is 456 g/mol. The van der Waals surface area contributed by atoms with Crippen molar-refractivity contribution in [2.45, 2.75) is 25.4 Å². The van der Waals surface area contributed by atoms with E-state index in [-0.39, 0.29) is 5.82 Å². The van der Waals surface area contributed by atoms with Crippen molar-refractivity contribution in [3.63, 3.8) is 0 Å². The van der Waals surface area contributed by atoms with Crippen molar-refractivity contribution in [1.82, 2.24) is 24.6 Å². The second kappa shape index (κ2) is 8.22. The summed E-state index contributed by atoms with van der Waals surface area (Å²) in [7, 11) is 2.23. The molecule has 7 nitrogen and oxygen atoms in total. The van der Waals surface area contributed by atoms with Crippen LogP contribution in [-0.2, 0) is 0 Å². The topological polar surface area (TPSA) is 62.1 Å². The first-order chi connectivity index (χ1) is 16.5. The molecular formula is C26H26FN7. The maximum atomic E-state index is 13.2. The Morgan fingerprint density at radius 1 is 1.03 bits per heavy atom. The smallest absolute Gasteiger partial charge is 0.227 e. The Morgan fingerprint density at radius 3 is 2.62 bits per heavy atom. The molecule has 0 spiro atoms. The third kappa shape index (κ3) is 3.80. The maximum Gasteiger partial charge on any atom is 0.227 e. The fourth-order valence-electron chi connectivity index (χ4n) is 5.12. The molecule has 4 heterocycles. The molecule has 2 aromatic carbocycles. The predicted octanol–water partition coefficient (Wildman–Crippen LogP) is 4.41. The van der Waals surface area contributed by atoms with Gasteiger partial charge in [0.15, 0.2) is 0 Å². The zero-order chi connectivity index (χ0) is 23.2. The van der Waals surface area contributed by atoms with Gasteiger partial charge < -0.3 is 10.2 Å². The summed E-state index contributed by atoms with van der Waals surface area (Å²) in [6, 6.07) is 15.8. The number of likely N-dealkylation sites (tertiary alicyclic amines) is 1. The van der Waals surface area contributed by atoms with E-state index in [0.717, 1.165) is 35.7 Å². The van der Waals surface area contributed by atoms with Gasteiger partial charge in [-0.25, -0.2) is 19.0 Å². The molecule has 4 aromatic rings. The molecular weight excluding hydrogens is 429 g/mol. The maximum absolute atomic E-state index is 13.2. The van der Waals surface area contributed by atoms with E-state index in [2.05, 4.69) is 62.4 Å². The van der Waals surface area contributed by atoms with Crippen LogP contribution in [0.4, 0.5) is 21.7 Å². The van der Waals surface area contributed by atoms with E-state index in [4.69, 9.17) is 0 Å². The molecule has 0 saturated carbocycles. The largest absolute Gasteiger partial charge is 0.365 e. The fourth-order valence-corrected chi connectivity index (χ4v) is 5.12. The van der Waals surface area contributed by atoms with Gasteiger partial charge in [-0.05, 0) is 74.5 Å². The highest BCUT2D eigenvalue weighted by Crippen LogP contribution is 2.36.